The fraction of sp³-hybridized carbons (Fsp3) is 0.500. The number of ether oxygens (including phenoxy) is 1. The number of carbonyl (C=O) groups is 1. The summed E-state index contributed by atoms with van der Waals surface area (Å²) in [7, 11) is 0. The molecule has 1 saturated heterocycles. The van der Waals surface area contributed by atoms with Gasteiger partial charge in [-0.1, -0.05) is 44.0 Å². The number of alkyl halides is 3. The molecule has 0 unspecified atom stereocenters. The minimum atomic E-state index is -4.56. The lowest BCUT2D eigenvalue weighted by molar-refractivity contribution is -0.203. The second kappa shape index (κ2) is 8.22. The fourth-order valence-corrected chi connectivity index (χ4v) is 3.84. The second-order valence-corrected chi connectivity index (χ2v) is 8.12. The van der Waals surface area contributed by atoms with Crippen LogP contribution in [0.3, 0.4) is 0 Å². The van der Waals surface area contributed by atoms with Gasteiger partial charge in [-0.15, -0.1) is 0 Å². The molecule has 2 aromatic carbocycles. The van der Waals surface area contributed by atoms with E-state index >= 15 is 0 Å². The quantitative estimate of drug-likeness (QED) is 0.613. The highest BCUT2D eigenvalue weighted by atomic mass is 19.4. The van der Waals surface area contributed by atoms with E-state index < -0.39 is 23.7 Å². The summed E-state index contributed by atoms with van der Waals surface area (Å²) in [5, 5.41) is 2.21. The topological polar surface area (TPSA) is 41.6 Å². The first-order valence-electron chi connectivity index (χ1n) is 9.94. The van der Waals surface area contributed by atoms with Crippen molar-refractivity contribution in [2.24, 2.45) is 0 Å². The number of benzene rings is 2. The SMILES string of the molecule is CCCCCOc1ccc2c([C@H](N3NC(=O)CC3(C)C)C(F)(F)F)cccc2c1. The highest BCUT2D eigenvalue weighted by Crippen LogP contribution is 2.44. The van der Waals surface area contributed by atoms with E-state index in [2.05, 4.69) is 12.3 Å². The molecule has 1 fully saturated rings. The molecule has 1 amide bonds. The Labute approximate surface area is 169 Å². The van der Waals surface area contributed by atoms with Crippen molar-refractivity contribution >= 4 is 16.7 Å². The summed E-state index contributed by atoms with van der Waals surface area (Å²) in [5.74, 6) is 0.233. The summed E-state index contributed by atoms with van der Waals surface area (Å²) in [4.78, 5) is 11.9. The zero-order valence-electron chi connectivity index (χ0n) is 17.0. The van der Waals surface area contributed by atoms with Crippen molar-refractivity contribution in [3.8, 4) is 5.75 Å². The lowest BCUT2D eigenvalue weighted by Crippen LogP contribution is -2.51. The molecule has 0 saturated carbocycles. The Bertz CT molecular complexity index is 880. The normalized spacial score (nSPS) is 18.1. The van der Waals surface area contributed by atoms with Gasteiger partial charge in [0.25, 0.3) is 0 Å². The van der Waals surface area contributed by atoms with Gasteiger partial charge in [-0.3, -0.25) is 10.2 Å². The number of nitrogens with one attached hydrogen (secondary N) is 1. The van der Waals surface area contributed by atoms with E-state index in [1.54, 1.807) is 44.2 Å². The van der Waals surface area contributed by atoms with Gasteiger partial charge in [0.05, 0.1) is 6.61 Å². The Morgan fingerprint density at radius 3 is 2.59 bits per heavy atom. The Morgan fingerprint density at radius 2 is 1.97 bits per heavy atom. The van der Waals surface area contributed by atoms with Crippen LogP contribution in [-0.4, -0.2) is 29.2 Å². The van der Waals surface area contributed by atoms with Gasteiger partial charge in [0.1, 0.15) is 5.75 Å². The summed E-state index contributed by atoms with van der Waals surface area (Å²) < 4.78 is 48.2. The lowest BCUT2D eigenvalue weighted by atomic mass is 9.93. The summed E-state index contributed by atoms with van der Waals surface area (Å²) in [6.45, 7) is 5.96. The number of carbonyl (C=O) groups excluding carboxylic acids is 1. The van der Waals surface area contributed by atoms with E-state index in [0.717, 1.165) is 24.3 Å². The molecule has 1 aliphatic rings. The van der Waals surface area contributed by atoms with Gasteiger partial charge in [-0.05, 0) is 48.7 Å². The van der Waals surface area contributed by atoms with Crippen molar-refractivity contribution in [3.05, 3.63) is 42.0 Å². The van der Waals surface area contributed by atoms with E-state index in [4.69, 9.17) is 4.74 Å². The highest BCUT2D eigenvalue weighted by Gasteiger charge is 2.53. The van der Waals surface area contributed by atoms with Crippen molar-refractivity contribution in [1.29, 1.82) is 0 Å². The van der Waals surface area contributed by atoms with Crippen LogP contribution in [0.15, 0.2) is 36.4 Å². The van der Waals surface area contributed by atoms with E-state index in [1.165, 1.54) is 6.07 Å². The smallest absolute Gasteiger partial charge is 0.409 e. The van der Waals surface area contributed by atoms with Crippen molar-refractivity contribution < 1.29 is 22.7 Å². The van der Waals surface area contributed by atoms with Crippen molar-refractivity contribution in [1.82, 2.24) is 10.4 Å². The molecule has 0 spiro atoms. The Morgan fingerprint density at radius 1 is 1.21 bits per heavy atom. The third kappa shape index (κ3) is 4.66. The molecule has 1 atom stereocenters. The van der Waals surface area contributed by atoms with E-state index in [0.29, 0.717) is 23.1 Å². The number of nitrogens with zero attached hydrogens (tertiary/aromatic N) is 1. The Hall–Kier alpha value is -2.28. The molecule has 7 heteroatoms. The lowest BCUT2D eigenvalue weighted by Gasteiger charge is -2.38. The first kappa shape index (κ1) is 21.4. The van der Waals surface area contributed by atoms with E-state index in [-0.39, 0.29) is 12.0 Å². The van der Waals surface area contributed by atoms with Crippen molar-refractivity contribution in [2.45, 2.75) is 64.2 Å². The van der Waals surface area contributed by atoms with Crippen LogP contribution in [0.2, 0.25) is 0 Å². The number of hydrogen-bond acceptors (Lipinski definition) is 3. The third-order valence-electron chi connectivity index (χ3n) is 5.26. The number of fused-ring (bicyclic) bond motifs is 1. The third-order valence-corrected chi connectivity index (χ3v) is 5.26. The van der Waals surface area contributed by atoms with Crippen LogP contribution < -0.4 is 10.2 Å². The number of hydrazine groups is 1. The van der Waals surface area contributed by atoms with E-state index in [9.17, 15) is 18.0 Å². The molecule has 29 heavy (non-hydrogen) atoms. The molecular weight excluding hydrogens is 381 g/mol. The predicted octanol–water partition coefficient (Wildman–Crippen LogP) is 5.53. The first-order chi connectivity index (χ1) is 13.6. The molecule has 0 bridgehead atoms. The molecular formula is C22H27F3N2O2. The molecule has 1 heterocycles. The number of halogens is 3. The van der Waals surface area contributed by atoms with Crippen LogP contribution in [-0.2, 0) is 4.79 Å². The van der Waals surface area contributed by atoms with Crippen molar-refractivity contribution in [2.75, 3.05) is 6.61 Å². The number of hydrogen-bond donors (Lipinski definition) is 1. The Balaban J connectivity index is 1.98. The molecule has 0 aliphatic carbocycles. The zero-order valence-corrected chi connectivity index (χ0v) is 17.0. The summed E-state index contributed by atoms with van der Waals surface area (Å²) in [5.41, 5.74) is 1.57. The second-order valence-electron chi connectivity index (χ2n) is 8.12. The average molecular weight is 408 g/mol. The van der Waals surface area contributed by atoms with Gasteiger partial charge in [0.15, 0.2) is 6.04 Å². The van der Waals surface area contributed by atoms with Crippen LogP contribution in [0.4, 0.5) is 13.2 Å². The fourth-order valence-electron chi connectivity index (χ4n) is 3.84. The molecule has 0 aromatic heterocycles. The highest BCUT2D eigenvalue weighted by molar-refractivity contribution is 5.87. The largest absolute Gasteiger partial charge is 0.494 e. The summed E-state index contributed by atoms with van der Waals surface area (Å²) in [6.07, 6.45) is -1.44. The number of unbranched alkanes of at least 4 members (excludes halogenated alkanes) is 2. The molecule has 4 nitrogen and oxygen atoms in total. The molecule has 1 aliphatic heterocycles. The maximum absolute atomic E-state index is 14.2. The average Bonchev–Trinajstić information content (AvgIpc) is 2.89. The number of amides is 1. The van der Waals surface area contributed by atoms with Crippen LogP contribution >= 0.6 is 0 Å². The maximum Gasteiger partial charge on any atom is 0.409 e. The molecule has 3 rings (SSSR count). The van der Waals surface area contributed by atoms with Crippen LogP contribution in [0.1, 0.15) is 58.1 Å². The van der Waals surface area contributed by atoms with Crippen LogP contribution in [0.5, 0.6) is 5.75 Å². The molecule has 0 radical (unpaired) electrons. The van der Waals surface area contributed by atoms with Gasteiger partial charge in [0, 0.05) is 12.0 Å². The van der Waals surface area contributed by atoms with E-state index in [1.807, 2.05) is 0 Å². The minimum Gasteiger partial charge on any atom is -0.494 e. The summed E-state index contributed by atoms with van der Waals surface area (Å²) >= 11 is 0. The standard InChI is InChI=1S/C22H27F3N2O2/c1-4-5-6-12-29-16-10-11-17-15(13-16)8-7-9-18(17)20(22(23,24)25)27-21(2,3)14-19(28)26-27/h7-11,13,20H,4-6,12,14H2,1-3H3,(H,26,28)/t20-/m0/s1. The van der Waals surface area contributed by atoms with Gasteiger partial charge in [-0.2, -0.15) is 18.2 Å². The molecule has 2 aromatic rings. The first-order valence-corrected chi connectivity index (χ1v) is 9.94. The summed E-state index contributed by atoms with van der Waals surface area (Å²) in [6, 6.07) is 8.07. The van der Waals surface area contributed by atoms with Gasteiger partial charge < -0.3 is 4.74 Å². The minimum absolute atomic E-state index is 0.0140. The van der Waals surface area contributed by atoms with Crippen molar-refractivity contribution in [3.63, 3.8) is 0 Å². The van der Waals surface area contributed by atoms with Crippen LogP contribution in [0.25, 0.3) is 10.8 Å². The maximum atomic E-state index is 14.2. The number of rotatable bonds is 7. The van der Waals surface area contributed by atoms with Gasteiger partial charge in [0.2, 0.25) is 5.91 Å². The van der Waals surface area contributed by atoms with Gasteiger partial charge >= 0.3 is 6.18 Å². The van der Waals surface area contributed by atoms with Gasteiger partial charge in [-0.25, -0.2) is 0 Å². The Kier molecular flexibility index (Phi) is 6.08. The monoisotopic (exact) mass is 408 g/mol. The zero-order chi connectivity index (χ0) is 21.2. The van der Waals surface area contributed by atoms with Crippen LogP contribution in [0, 0.1) is 0 Å². The molecule has 1 N–H and O–H groups in total. The molecule has 158 valence electrons. The predicted molar refractivity (Wildman–Crippen MR) is 106 cm³/mol.